The van der Waals surface area contributed by atoms with Crippen LogP contribution in [0.5, 0.6) is 11.5 Å². The molecule has 0 saturated carbocycles. The van der Waals surface area contributed by atoms with Gasteiger partial charge in [-0.05, 0) is 18.6 Å². The van der Waals surface area contributed by atoms with E-state index in [1.165, 1.54) is 18.2 Å². The Bertz CT molecular complexity index is 847. The molecule has 8 heteroatoms. The summed E-state index contributed by atoms with van der Waals surface area (Å²) in [4.78, 5) is 22.7. The number of nitro benzene ring substituents is 1. The summed E-state index contributed by atoms with van der Waals surface area (Å²) in [6.45, 7) is 1.63. The second kappa shape index (κ2) is 6.78. The number of hydrogen-bond acceptors (Lipinski definition) is 7. The number of phenolic OH excluding ortho intramolecular Hbond substituents is 1. The fourth-order valence-electron chi connectivity index (χ4n) is 2.54. The summed E-state index contributed by atoms with van der Waals surface area (Å²) in [6.07, 6.45) is 0. The molecule has 0 aromatic heterocycles. The molecule has 8 nitrogen and oxygen atoms in total. The highest BCUT2D eigenvalue weighted by Gasteiger charge is 2.22. The predicted octanol–water partition coefficient (Wildman–Crippen LogP) is 2.83. The summed E-state index contributed by atoms with van der Waals surface area (Å²) in [5.41, 5.74) is 1.32. The Morgan fingerprint density at radius 2 is 2.20 bits per heavy atom. The number of esters is 1. The number of ether oxygens (including phenoxy) is 3. The van der Waals surface area contributed by atoms with Gasteiger partial charge in [0.1, 0.15) is 23.7 Å². The van der Waals surface area contributed by atoms with Crippen LogP contribution in [0.25, 0.3) is 0 Å². The average molecular weight is 345 g/mol. The monoisotopic (exact) mass is 345 g/mol. The van der Waals surface area contributed by atoms with Crippen LogP contribution in [0.4, 0.5) is 5.69 Å². The largest absolute Gasteiger partial charge is 0.507 e. The lowest BCUT2D eigenvalue weighted by Crippen LogP contribution is -2.15. The quantitative estimate of drug-likeness (QED) is 0.515. The maximum atomic E-state index is 12.2. The van der Waals surface area contributed by atoms with Crippen molar-refractivity contribution in [1.82, 2.24) is 0 Å². The highest BCUT2D eigenvalue weighted by atomic mass is 16.7. The van der Waals surface area contributed by atoms with E-state index in [1.807, 2.05) is 0 Å². The van der Waals surface area contributed by atoms with Gasteiger partial charge in [0, 0.05) is 23.3 Å². The SMILES string of the molecule is Cc1cccc(C(=O)OCc2cc([N+](=O)[O-])cc3c2OCOC3)c1O. The Hall–Kier alpha value is -3.13. The van der Waals surface area contributed by atoms with Crippen molar-refractivity contribution in [2.75, 3.05) is 6.79 Å². The van der Waals surface area contributed by atoms with Gasteiger partial charge < -0.3 is 19.3 Å². The van der Waals surface area contributed by atoms with Crippen molar-refractivity contribution in [2.45, 2.75) is 20.1 Å². The van der Waals surface area contributed by atoms with Crippen LogP contribution < -0.4 is 4.74 Å². The molecule has 0 amide bonds. The van der Waals surface area contributed by atoms with Crippen molar-refractivity contribution in [3.8, 4) is 11.5 Å². The molecule has 3 rings (SSSR count). The summed E-state index contributed by atoms with van der Waals surface area (Å²) in [6, 6.07) is 7.40. The van der Waals surface area contributed by atoms with E-state index in [0.29, 0.717) is 22.4 Å². The van der Waals surface area contributed by atoms with E-state index >= 15 is 0 Å². The lowest BCUT2D eigenvalue weighted by molar-refractivity contribution is -0.385. The first kappa shape index (κ1) is 16.7. The number of non-ortho nitro benzene ring substituents is 1. The average Bonchev–Trinajstić information content (AvgIpc) is 2.61. The van der Waals surface area contributed by atoms with Crippen LogP contribution in [0.3, 0.4) is 0 Å². The number of phenols is 1. The van der Waals surface area contributed by atoms with E-state index in [-0.39, 0.29) is 37.0 Å². The molecule has 0 radical (unpaired) electrons. The van der Waals surface area contributed by atoms with Crippen LogP contribution in [-0.2, 0) is 22.7 Å². The number of nitro groups is 1. The van der Waals surface area contributed by atoms with E-state index in [1.54, 1.807) is 19.1 Å². The first-order valence-electron chi connectivity index (χ1n) is 7.44. The topological polar surface area (TPSA) is 108 Å². The molecule has 1 N–H and O–H groups in total. The number of para-hydroxylation sites is 1. The number of rotatable bonds is 4. The second-order valence-corrected chi connectivity index (χ2v) is 5.51. The molecule has 0 aliphatic carbocycles. The molecule has 0 atom stereocenters. The standard InChI is InChI=1S/C17H15NO7/c1-10-3-2-4-14(15(10)19)17(20)24-8-12-6-13(18(21)22)5-11-7-23-9-25-16(11)12/h2-6,19H,7-9H2,1H3. The number of benzene rings is 2. The van der Waals surface area contributed by atoms with Gasteiger partial charge in [-0.15, -0.1) is 0 Å². The maximum absolute atomic E-state index is 12.2. The number of hydrogen-bond donors (Lipinski definition) is 1. The number of carbonyl (C=O) groups excluding carboxylic acids is 1. The highest BCUT2D eigenvalue weighted by Crippen LogP contribution is 2.33. The van der Waals surface area contributed by atoms with Crippen molar-refractivity contribution in [2.24, 2.45) is 0 Å². The number of nitrogens with zero attached hydrogens (tertiary/aromatic N) is 1. The Morgan fingerprint density at radius 1 is 1.40 bits per heavy atom. The lowest BCUT2D eigenvalue weighted by atomic mass is 10.1. The lowest BCUT2D eigenvalue weighted by Gasteiger charge is -2.20. The summed E-state index contributed by atoms with van der Waals surface area (Å²) < 4.78 is 15.7. The minimum atomic E-state index is -0.728. The smallest absolute Gasteiger partial charge is 0.342 e. The number of fused-ring (bicyclic) bond motifs is 1. The van der Waals surface area contributed by atoms with Crippen LogP contribution >= 0.6 is 0 Å². The molecule has 25 heavy (non-hydrogen) atoms. The summed E-state index contributed by atoms with van der Waals surface area (Å²) >= 11 is 0. The summed E-state index contributed by atoms with van der Waals surface area (Å²) in [7, 11) is 0. The van der Waals surface area contributed by atoms with Crippen LogP contribution in [0, 0.1) is 17.0 Å². The van der Waals surface area contributed by atoms with E-state index in [4.69, 9.17) is 14.2 Å². The van der Waals surface area contributed by atoms with Crippen molar-refractivity contribution >= 4 is 11.7 Å². The van der Waals surface area contributed by atoms with Crippen molar-refractivity contribution in [1.29, 1.82) is 0 Å². The zero-order valence-corrected chi connectivity index (χ0v) is 13.4. The second-order valence-electron chi connectivity index (χ2n) is 5.51. The van der Waals surface area contributed by atoms with Gasteiger partial charge in [-0.3, -0.25) is 10.1 Å². The van der Waals surface area contributed by atoms with E-state index < -0.39 is 10.9 Å². The minimum Gasteiger partial charge on any atom is -0.507 e. The van der Waals surface area contributed by atoms with Crippen molar-refractivity contribution in [3.05, 3.63) is 62.7 Å². The number of aromatic hydroxyl groups is 1. The molecule has 1 heterocycles. The Morgan fingerprint density at radius 3 is 2.96 bits per heavy atom. The zero-order valence-electron chi connectivity index (χ0n) is 13.4. The maximum Gasteiger partial charge on any atom is 0.342 e. The minimum absolute atomic E-state index is 0.0183. The Labute approximate surface area is 142 Å². The molecule has 0 bridgehead atoms. The van der Waals surface area contributed by atoms with Crippen LogP contribution in [-0.4, -0.2) is 22.8 Å². The molecule has 2 aromatic rings. The third-order valence-electron chi connectivity index (χ3n) is 3.80. The van der Waals surface area contributed by atoms with Crippen molar-refractivity contribution < 1.29 is 29.0 Å². The molecule has 0 unspecified atom stereocenters. The first-order valence-corrected chi connectivity index (χ1v) is 7.44. The van der Waals surface area contributed by atoms with Gasteiger partial charge in [-0.25, -0.2) is 4.79 Å². The van der Waals surface area contributed by atoms with Gasteiger partial charge in [0.2, 0.25) is 0 Å². The van der Waals surface area contributed by atoms with Gasteiger partial charge in [-0.1, -0.05) is 12.1 Å². The number of carbonyl (C=O) groups is 1. The highest BCUT2D eigenvalue weighted by molar-refractivity contribution is 5.92. The fourth-order valence-corrected chi connectivity index (χ4v) is 2.54. The van der Waals surface area contributed by atoms with Gasteiger partial charge in [0.05, 0.1) is 11.5 Å². The predicted molar refractivity (Wildman–Crippen MR) is 85.3 cm³/mol. The van der Waals surface area contributed by atoms with Crippen LogP contribution in [0.15, 0.2) is 30.3 Å². The van der Waals surface area contributed by atoms with Gasteiger partial charge in [-0.2, -0.15) is 0 Å². The molecular weight excluding hydrogens is 330 g/mol. The molecular formula is C17H15NO7. The van der Waals surface area contributed by atoms with Crippen LogP contribution in [0.2, 0.25) is 0 Å². The fraction of sp³-hybridized carbons (Fsp3) is 0.235. The zero-order chi connectivity index (χ0) is 18.0. The van der Waals surface area contributed by atoms with Gasteiger partial charge >= 0.3 is 5.97 Å². The number of aryl methyl sites for hydroxylation is 1. The Balaban J connectivity index is 1.85. The molecule has 0 spiro atoms. The van der Waals surface area contributed by atoms with Gasteiger partial charge in [0.25, 0.3) is 5.69 Å². The molecule has 130 valence electrons. The third-order valence-corrected chi connectivity index (χ3v) is 3.80. The molecule has 0 saturated heterocycles. The first-order chi connectivity index (χ1) is 12.0. The molecule has 2 aromatic carbocycles. The molecule has 0 fully saturated rings. The third kappa shape index (κ3) is 3.38. The normalized spacial score (nSPS) is 12.8. The van der Waals surface area contributed by atoms with E-state index in [2.05, 4.69) is 0 Å². The summed E-state index contributed by atoms with van der Waals surface area (Å²) in [5, 5.41) is 21.0. The van der Waals surface area contributed by atoms with E-state index in [0.717, 1.165) is 0 Å². The van der Waals surface area contributed by atoms with E-state index in [9.17, 15) is 20.0 Å². The summed E-state index contributed by atoms with van der Waals surface area (Å²) in [5.74, 6) is -0.468. The van der Waals surface area contributed by atoms with Crippen molar-refractivity contribution in [3.63, 3.8) is 0 Å². The van der Waals surface area contributed by atoms with Gasteiger partial charge in [0.15, 0.2) is 6.79 Å². The Kier molecular flexibility index (Phi) is 4.53. The molecule has 1 aliphatic heterocycles. The molecule has 1 aliphatic rings. The van der Waals surface area contributed by atoms with Crippen LogP contribution in [0.1, 0.15) is 27.0 Å².